The lowest BCUT2D eigenvalue weighted by molar-refractivity contribution is -0.138. The molecule has 1 atom stereocenters. The van der Waals surface area contributed by atoms with Crippen molar-refractivity contribution in [3.8, 4) is 0 Å². The molecule has 0 saturated carbocycles. The maximum atomic E-state index is 11.2. The van der Waals surface area contributed by atoms with Gasteiger partial charge in [-0.05, 0) is 30.4 Å². The molecule has 0 spiro atoms. The number of carboxylic acids is 1. The molecule has 0 bridgehead atoms. The van der Waals surface area contributed by atoms with Gasteiger partial charge in [-0.1, -0.05) is 75.0 Å². The van der Waals surface area contributed by atoms with Gasteiger partial charge in [0.2, 0.25) is 5.91 Å². The van der Waals surface area contributed by atoms with Crippen molar-refractivity contribution in [1.29, 1.82) is 0 Å². The summed E-state index contributed by atoms with van der Waals surface area (Å²) in [5.74, 6) is -0.512. The number of allylic oxidation sites excluding steroid dienone is 2. The predicted octanol–water partition coefficient (Wildman–Crippen LogP) is 4.79. The second kappa shape index (κ2) is 10.8. The van der Waals surface area contributed by atoms with E-state index < -0.39 is 11.2 Å². The largest absolute Gasteiger partial charge is 0.481 e. The van der Waals surface area contributed by atoms with Crippen LogP contribution in [0.2, 0.25) is 0 Å². The van der Waals surface area contributed by atoms with Gasteiger partial charge in [0, 0.05) is 0 Å². The molecule has 1 saturated heterocycles. The molecule has 1 aliphatic heterocycles. The van der Waals surface area contributed by atoms with E-state index in [-0.39, 0.29) is 12.3 Å². The molecule has 1 heterocycles. The zero-order chi connectivity index (χ0) is 18.8. The van der Waals surface area contributed by atoms with Crippen LogP contribution in [0.1, 0.15) is 57.6 Å². The molecule has 1 aromatic rings. The van der Waals surface area contributed by atoms with Crippen LogP contribution in [0, 0.1) is 0 Å². The van der Waals surface area contributed by atoms with Gasteiger partial charge in [-0.2, -0.15) is 0 Å². The fourth-order valence-electron chi connectivity index (χ4n) is 2.20. The molecule has 4 nitrogen and oxygen atoms in total. The van der Waals surface area contributed by atoms with Crippen molar-refractivity contribution in [1.82, 2.24) is 5.32 Å². The van der Waals surface area contributed by atoms with Gasteiger partial charge in [0.1, 0.15) is 5.25 Å². The van der Waals surface area contributed by atoms with E-state index in [0.717, 1.165) is 11.4 Å². The first kappa shape index (κ1) is 21.0. The summed E-state index contributed by atoms with van der Waals surface area (Å²) in [7, 11) is 0. The highest BCUT2D eigenvalue weighted by atomic mass is 32.2. The number of thioether (sulfide) groups is 1. The number of carbonyl (C=O) groups is 2. The fraction of sp³-hybridized carbons (Fsp3) is 0.400. The van der Waals surface area contributed by atoms with Gasteiger partial charge in [-0.3, -0.25) is 9.59 Å². The lowest BCUT2D eigenvalue weighted by Crippen LogP contribution is -2.24. The van der Waals surface area contributed by atoms with E-state index in [1.807, 2.05) is 19.9 Å². The van der Waals surface area contributed by atoms with Crippen LogP contribution < -0.4 is 5.32 Å². The number of nitrogens with one attached hydrogen (secondary N) is 1. The van der Waals surface area contributed by atoms with Gasteiger partial charge < -0.3 is 10.4 Å². The average molecular weight is 362 g/mol. The van der Waals surface area contributed by atoms with E-state index in [9.17, 15) is 9.59 Å². The third kappa shape index (κ3) is 7.61. The topological polar surface area (TPSA) is 66.4 Å². The Bertz CT molecular complexity index is 633. The van der Waals surface area contributed by atoms with Crippen molar-refractivity contribution >= 4 is 29.7 Å². The number of carboxylic acid groups (broad SMARTS) is 1. The molecule has 1 amide bonds. The number of hydrogen-bond acceptors (Lipinski definition) is 3. The second-order valence-electron chi connectivity index (χ2n) is 5.99. The SMILES string of the molecule is C/C=C/c1ccc(C(C)C)cc1.CC/C=C1/NC(=O)C(CC(=O)O)S1. The maximum absolute atomic E-state index is 11.2. The van der Waals surface area contributed by atoms with Crippen molar-refractivity contribution < 1.29 is 14.7 Å². The molecule has 2 rings (SSSR count). The van der Waals surface area contributed by atoms with E-state index in [2.05, 4.69) is 55.6 Å². The molecule has 136 valence electrons. The summed E-state index contributed by atoms with van der Waals surface area (Å²) in [5, 5.41) is 11.4. The van der Waals surface area contributed by atoms with Crippen molar-refractivity contribution in [3.63, 3.8) is 0 Å². The number of hydrogen-bond donors (Lipinski definition) is 2. The summed E-state index contributed by atoms with van der Waals surface area (Å²) in [6.45, 7) is 8.43. The Morgan fingerprint density at radius 3 is 2.44 bits per heavy atom. The summed E-state index contributed by atoms with van der Waals surface area (Å²) in [5.41, 5.74) is 2.69. The number of carbonyl (C=O) groups excluding carboxylic acids is 1. The predicted molar refractivity (Wildman–Crippen MR) is 105 cm³/mol. The minimum atomic E-state index is -0.939. The van der Waals surface area contributed by atoms with E-state index in [4.69, 9.17) is 5.11 Å². The molecule has 0 radical (unpaired) electrons. The lowest BCUT2D eigenvalue weighted by Gasteiger charge is -2.04. The van der Waals surface area contributed by atoms with Crippen LogP contribution in [0.4, 0.5) is 0 Å². The zero-order valence-corrected chi connectivity index (χ0v) is 16.1. The van der Waals surface area contributed by atoms with Crippen LogP contribution in [-0.4, -0.2) is 22.2 Å². The molecule has 25 heavy (non-hydrogen) atoms. The third-order valence-corrected chi connectivity index (χ3v) is 4.71. The van der Waals surface area contributed by atoms with E-state index in [0.29, 0.717) is 5.92 Å². The fourth-order valence-corrected chi connectivity index (χ4v) is 3.32. The Morgan fingerprint density at radius 1 is 1.32 bits per heavy atom. The minimum absolute atomic E-state index is 0.114. The first-order valence-electron chi connectivity index (χ1n) is 8.49. The average Bonchev–Trinajstić information content (AvgIpc) is 2.88. The molecule has 1 unspecified atom stereocenters. The molecule has 1 aromatic carbocycles. The van der Waals surface area contributed by atoms with Crippen LogP contribution in [0.3, 0.4) is 0 Å². The van der Waals surface area contributed by atoms with Crippen LogP contribution in [0.15, 0.2) is 41.4 Å². The lowest BCUT2D eigenvalue weighted by atomic mass is 10.0. The zero-order valence-electron chi connectivity index (χ0n) is 15.3. The molecular weight excluding hydrogens is 334 g/mol. The first-order chi connectivity index (χ1) is 11.9. The number of aliphatic carboxylic acids is 1. The molecule has 5 heteroatoms. The smallest absolute Gasteiger partial charge is 0.305 e. The van der Waals surface area contributed by atoms with Gasteiger partial charge in [0.25, 0.3) is 0 Å². The minimum Gasteiger partial charge on any atom is -0.481 e. The van der Waals surface area contributed by atoms with Crippen molar-refractivity contribution in [2.45, 2.75) is 51.7 Å². The molecule has 1 aliphatic rings. The normalized spacial score (nSPS) is 18.4. The number of rotatable bonds is 5. The highest BCUT2D eigenvalue weighted by molar-refractivity contribution is 8.04. The Hall–Kier alpha value is -2.01. The van der Waals surface area contributed by atoms with E-state index >= 15 is 0 Å². The summed E-state index contributed by atoms with van der Waals surface area (Å²) >= 11 is 1.29. The first-order valence-corrected chi connectivity index (χ1v) is 9.37. The highest BCUT2D eigenvalue weighted by Crippen LogP contribution is 2.29. The van der Waals surface area contributed by atoms with Crippen LogP contribution in [-0.2, 0) is 9.59 Å². The Balaban J connectivity index is 0.000000251. The highest BCUT2D eigenvalue weighted by Gasteiger charge is 2.30. The number of amides is 1. The maximum Gasteiger partial charge on any atom is 0.305 e. The molecule has 1 fully saturated rings. The van der Waals surface area contributed by atoms with Crippen LogP contribution >= 0.6 is 11.8 Å². The number of benzene rings is 1. The molecule has 0 aromatic heterocycles. The molecule has 0 aliphatic carbocycles. The summed E-state index contributed by atoms with van der Waals surface area (Å²) in [4.78, 5) is 21.5. The van der Waals surface area contributed by atoms with Gasteiger partial charge in [-0.15, -0.1) is 0 Å². The third-order valence-electron chi connectivity index (χ3n) is 3.52. The van der Waals surface area contributed by atoms with Gasteiger partial charge in [0.15, 0.2) is 0 Å². The Labute approximate surface area is 154 Å². The van der Waals surface area contributed by atoms with Gasteiger partial charge in [0.05, 0.1) is 11.4 Å². The summed E-state index contributed by atoms with van der Waals surface area (Å²) in [6, 6.07) is 8.71. The van der Waals surface area contributed by atoms with Crippen molar-refractivity contribution in [2.24, 2.45) is 0 Å². The standard InChI is InChI=1S/C12H16.C8H11NO3S/c1-4-5-11-6-8-12(9-7-11)10(2)3;1-2-3-6-9-8(12)5(13-6)4-7(10)11/h4-10H,1-3H3;3,5H,2,4H2,1H3,(H,9,12)(H,10,11)/b5-4+;6-3-. The molecule has 2 N–H and O–H groups in total. The van der Waals surface area contributed by atoms with Crippen LogP contribution in [0.25, 0.3) is 6.08 Å². The Kier molecular flexibility index (Phi) is 9.06. The van der Waals surface area contributed by atoms with Crippen molar-refractivity contribution in [3.05, 3.63) is 52.6 Å². The summed E-state index contributed by atoms with van der Waals surface area (Å²) < 4.78 is 0. The summed E-state index contributed by atoms with van der Waals surface area (Å²) in [6.07, 6.45) is 6.78. The van der Waals surface area contributed by atoms with Gasteiger partial charge in [-0.25, -0.2) is 0 Å². The second-order valence-corrected chi connectivity index (χ2v) is 7.24. The molecular formula is C20H27NO3S. The Morgan fingerprint density at radius 2 is 1.96 bits per heavy atom. The van der Waals surface area contributed by atoms with E-state index in [1.54, 1.807) is 0 Å². The van der Waals surface area contributed by atoms with Gasteiger partial charge >= 0.3 is 5.97 Å². The quantitative estimate of drug-likeness (QED) is 0.791. The monoisotopic (exact) mass is 361 g/mol. The van der Waals surface area contributed by atoms with Crippen molar-refractivity contribution in [2.75, 3.05) is 0 Å². The van der Waals surface area contributed by atoms with E-state index in [1.165, 1.54) is 22.9 Å². The van der Waals surface area contributed by atoms with Crippen LogP contribution in [0.5, 0.6) is 0 Å².